The summed E-state index contributed by atoms with van der Waals surface area (Å²) in [5.41, 5.74) is -0.0942. The van der Waals surface area contributed by atoms with E-state index in [0.717, 1.165) is 29.1 Å². The van der Waals surface area contributed by atoms with Gasteiger partial charge in [-0.1, -0.05) is 19.4 Å². The van der Waals surface area contributed by atoms with Crippen LogP contribution in [0.25, 0.3) is 0 Å². The van der Waals surface area contributed by atoms with Gasteiger partial charge in [-0.25, -0.2) is 9.78 Å². The molecule has 106 valence electrons. The maximum Gasteiger partial charge on any atom is 0.355 e. The molecule has 0 saturated carbocycles. The second kappa shape index (κ2) is 6.62. The van der Waals surface area contributed by atoms with Crippen LogP contribution in [0.5, 0.6) is 0 Å². The van der Waals surface area contributed by atoms with Crippen molar-refractivity contribution in [2.75, 3.05) is 0 Å². The van der Waals surface area contributed by atoms with Crippen molar-refractivity contribution in [3.05, 3.63) is 38.5 Å². The van der Waals surface area contributed by atoms with Crippen LogP contribution in [0.3, 0.4) is 0 Å². The summed E-state index contributed by atoms with van der Waals surface area (Å²) < 4.78 is 0. The van der Waals surface area contributed by atoms with Gasteiger partial charge in [0.05, 0.1) is 6.04 Å². The molecule has 0 aromatic carbocycles. The lowest BCUT2D eigenvalue weighted by Crippen LogP contribution is -2.28. The van der Waals surface area contributed by atoms with Gasteiger partial charge in [0.25, 0.3) is 5.91 Å². The number of carboxylic acid groups (broad SMARTS) is 1. The minimum atomic E-state index is -1.12. The van der Waals surface area contributed by atoms with Crippen LogP contribution in [-0.2, 0) is 0 Å². The molecular weight excluding hydrogens is 296 g/mol. The molecule has 0 aliphatic rings. The minimum Gasteiger partial charge on any atom is -0.476 e. The molecule has 2 heterocycles. The van der Waals surface area contributed by atoms with Gasteiger partial charge in [-0.05, 0) is 17.9 Å². The molecule has 1 amide bonds. The first-order chi connectivity index (χ1) is 9.61. The van der Waals surface area contributed by atoms with E-state index in [2.05, 4.69) is 17.2 Å². The lowest BCUT2D eigenvalue weighted by molar-refractivity contribution is 0.0691. The summed E-state index contributed by atoms with van der Waals surface area (Å²) in [7, 11) is 0. The zero-order valence-electron chi connectivity index (χ0n) is 10.8. The fourth-order valence-electron chi connectivity index (χ4n) is 1.76. The number of amides is 1. The number of aromatic nitrogens is 1. The fourth-order valence-corrected chi connectivity index (χ4v) is 3.27. The van der Waals surface area contributed by atoms with E-state index < -0.39 is 5.97 Å². The summed E-state index contributed by atoms with van der Waals surface area (Å²) in [4.78, 5) is 27.8. The molecular formula is C13H14N2O3S2. The topological polar surface area (TPSA) is 79.3 Å². The molecule has 0 radical (unpaired) electrons. The van der Waals surface area contributed by atoms with E-state index in [9.17, 15) is 9.59 Å². The number of rotatable bonds is 6. The third kappa shape index (κ3) is 3.43. The van der Waals surface area contributed by atoms with Crippen molar-refractivity contribution < 1.29 is 14.7 Å². The van der Waals surface area contributed by atoms with Crippen LogP contribution < -0.4 is 5.32 Å². The molecule has 2 aromatic rings. The number of nitrogens with zero attached hydrogens (tertiary/aromatic N) is 1. The number of carbonyl (C=O) groups excluding carboxylic acids is 1. The Balaban J connectivity index is 2.09. The van der Waals surface area contributed by atoms with Gasteiger partial charge in [-0.15, -0.1) is 22.7 Å². The van der Waals surface area contributed by atoms with Crippen LogP contribution in [0.1, 0.15) is 51.0 Å². The van der Waals surface area contributed by atoms with Crippen LogP contribution in [0.2, 0.25) is 0 Å². The first-order valence-corrected chi connectivity index (χ1v) is 7.90. The third-order valence-corrected chi connectivity index (χ3v) is 4.51. The van der Waals surface area contributed by atoms with Crippen molar-refractivity contribution in [3.8, 4) is 0 Å². The monoisotopic (exact) mass is 310 g/mol. The molecule has 0 saturated heterocycles. The van der Waals surface area contributed by atoms with Gasteiger partial charge in [0.1, 0.15) is 0 Å². The summed E-state index contributed by atoms with van der Waals surface area (Å²) >= 11 is 2.64. The SMILES string of the molecule is CCCC(NC(=O)c1nc(C(=O)O)cs1)c1cccs1. The van der Waals surface area contributed by atoms with E-state index in [1.54, 1.807) is 11.3 Å². The maximum atomic E-state index is 12.1. The Morgan fingerprint density at radius 1 is 1.45 bits per heavy atom. The van der Waals surface area contributed by atoms with Crippen LogP contribution in [0, 0.1) is 0 Å². The Hall–Kier alpha value is -1.73. The van der Waals surface area contributed by atoms with E-state index in [1.165, 1.54) is 5.38 Å². The first-order valence-electron chi connectivity index (χ1n) is 6.15. The molecule has 2 N–H and O–H groups in total. The van der Waals surface area contributed by atoms with E-state index in [-0.39, 0.29) is 22.7 Å². The average molecular weight is 310 g/mol. The van der Waals surface area contributed by atoms with E-state index in [4.69, 9.17) is 5.11 Å². The predicted molar refractivity (Wildman–Crippen MR) is 78.5 cm³/mol. The number of hydrogen-bond donors (Lipinski definition) is 2. The maximum absolute atomic E-state index is 12.1. The molecule has 1 atom stereocenters. The minimum absolute atomic E-state index is 0.0512. The van der Waals surface area contributed by atoms with E-state index >= 15 is 0 Å². The van der Waals surface area contributed by atoms with Crippen molar-refractivity contribution in [1.82, 2.24) is 10.3 Å². The van der Waals surface area contributed by atoms with Crippen molar-refractivity contribution in [2.24, 2.45) is 0 Å². The van der Waals surface area contributed by atoms with Crippen LogP contribution in [0.15, 0.2) is 22.9 Å². The number of thiazole rings is 1. The second-order valence-corrected chi connectivity index (χ2v) is 6.01. The number of carboxylic acids is 1. The van der Waals surface area contributed by atoms with Gasteiger partial charge >= 0.3 is 5.97 Å². The molecule has 1 unspecified atom stereocenters. The van der Waals surface area contributed by atoms with E-state index in [1.807, 2.05) is 17.5 Å². The molecule has 0 spiro atoms. The fraction of sp³-hybridized carbons (Fsp3) is 0.308. The average Bonchev–Trinajstić information content (AvgIpc) is 3.09. The van der Waals surface area contributed by atoms with Crippen LogP contribution in [0.4, 0.5) is 0 Å². The lowest BCUT2D eigenvalue weighted by atomic mass is 10.1. The normalized spacial score (nSPS) is 12.1. The number of thiophene rings is 1. The quantitative estimate of drug-likeness (QED) is 0.859. The van der Waals surface area contributed by atoms with Gasteiger partial charge in [-0.3, -0.25) is 4.79 Å². The number of nitrogens with one attached hydrogen (secondary N) is 1. The van der Waals surface area contributed by atoms with Crippen molar-refractivity contribution in [3.63, 3.8) is 0 Å². The largest absolute Gasteiger partial charge is 0.476 e. The molecule has 0 fully saturated rings. The van der Waals surface area contributed by atoms with E-state index in [0.29, 0.717) is 0 Å². The van der Waals surface area contributed by atoms with Gasteiger partial charge in [0.2, 0.25) is 0 Å². The Kier molecular flexibility index (Phi) is 4.86. The van der Waals surface area contributed by atoms with Crippen molar-refractivity contribution in [1.29, 1.82) is 0 Å². The van der Waals surface area contributed by atoms with Crippen molar-refractivity contribution >= 4 is 34.6 Å². The molecule has 0 aliphatic heterocycles. The summed E-state index contributed by atoms with van der Waals surface area (Å²) in [5.74, 6) is -1.45. The first kappa shape index (κ1) is 14.7. The highest BCUT2D eigenvalue weighted by Crippen LogP contribution is 2.24. The highest BCUT2D eigenvalue weighted by molar-refractivity contribution is 7.12. The summed E-state index contributed by atoms with van der Waals surface area (Å²) in [5, 5.41) is 15.2. The molecule has 7 heteroatoms. The Morgan fingerprint density at radius 2 is 2.25 bits per heavy atom. The Bertz CT molecular complexity index is 593. The molecule has 2 aromatic heterocycles. The second-order valence-electron chi connectivity index (χ2n) is 4.17. The van der Waals surface area contributed by atoms with Gasteiger partial charge in [-0.2, -0.15) is 0 Å². The highest BCUT2D eigenvalue weighted by Gasteiger charge is 2.19. The summed E-state index contributed by atoms with van der Waals surface area (Å²) in [6.45, 7) is 2.05. The molecule has 20 heavy (non-hydrogen) atoms. The number of aromatic carboxylic acids is 1. The summed E-state index contributed by atoms with van der Waals surface area (Å²) in [6.07, 6.45) is 1.78. The third-order valence-electron chi connectivity index (χ3n) is 2.69. The number of hydrogen-bond acceptors (Lipinski definition) is 5. The molecule has 0 bridgehead atoms. The lowest BCUT2D eigenvalue weighted by Gasteiger charge is -2.15. The predicted octanol–water partition coefficient (Wildman–Crippen LogP) is 3.17. The Morgan fingerprint density at radius 3 is 2.80 bits per heavy atom. The highest BCUT2D eigenvalue weighted by atomic mass is 32.1. The van der Waals surface area contributed by atoms with Crippen LogP contribution in [-0.4, -0.2) is 22.0 Å². The van der Waals surface area contributed by atoms with Gasteiger partial charge in [0, 0.05) is 10.3 Å². The standard InChI is InChI=1S/C13H14N2O3S2/c1-2-4-8(10-5-3-6-19-10)14-11(16)12-15-9(7-20-12)13(17)18/h3,5-8H,2,4H2,1H3,(H,14,16)(H,17,18). The zero-order chi connectivity index (χ0) is 14.5. The number of carbonyl (C=O) groups is 2. The molecule has 0 aliphatic carbocycles. The summed E-state index contributed by atoms with van der Waals surface area (Å²) in [6, 6.07) is 3.88. The van der Waals surface area contributed by atoms with Gasteiger partial charge < -0.3 is 10.4 Å². The van der Waals surface area contributed by atoms with Gasteiger partial charge in [0.15, 0.2) is 10.7 Å². The van der Waals surface area contributed by atoms with Crippen LogP contribution >= 0.6 is 22.7 Å². The zero-order valence-corrected chi connectivity index (χ0v) is 12.5. The molecule has 5 nitrogen and oxygen atoms in total. The van der Waals surface area contributed by atoms with Crippen molar-refractivity contribution in [2.45, 2.75) is 25.8 Å². The Labute approximate surface area is 124 Å². The molecule has 2 rings (SSSR count). The smallest absolute Gasteiger partial charge is 0.355 e.